The summed E-state index contributed by atoms with van der Waals surface area (Å²) < 4.78 is 0. The topological polar surface area (TPSA) is 74.6 Å². The van der Waals surface area contributed by atoms with Gasteiger partial charge in [-0.2, -0.15) is 25.3 Å². The van der Waals surface area contributed by atoms with Crippen LogP contribution in [0, 0.1) is 5.41 Å². The van der Waals surface area contributed by atoms with Crippen LogP contribution in [0.15, 0.2) is 0 Å². The highest BCUT2D eigenvalue weighted by molar-refractivity contribution is 7.82. The van der Waals surface area contributed by atoms with E-state index in [9.17, 15) is 9.59 Å². The molecule has 0 amide bonds. The highest BCUT2D eigenvalue weighted by Crippen LogP contribution is 2.45. The van der Waals surface area contributed by atoms with Gasteiger partial charge in [0.1, 0.15) is 0 Å². The molecule has 0 aliphatic heterocycles. The Balaban J connectivity index is 2.74. The fourth-order valence-corrected chi connectivity index (χ4v) is 3.56. The molecule has 0 spiro atoms. The van der Waals surface area contributed by atoms with Crippen molar-refractivity contribution in [1.29, 1.82) is 0 Å². The molecule has 0 radical (unpaired) electrons. The number of carbonyl (C=O) groups is 2. The molecule has 1 aliphatic rings. The van der Waals surface area contributed by atoms with Gasteiger partial charge in [0.15, 0.2) is 0 Å². The van der Waals surface area contributed by atoms with E-state index < -0.39 is 22.4 Å². The molecule has 6 heteroatoms. The van der Waals surface area contributed by atoms with Gasteiger partial charge in [-0.25, -0.2) is 0 Å². The SMILES string of the molecule is O=C(O)C(S)CC1(CC(S)C(=O)O)CCCCC1. The Kier molecular flexibility index (Phi) is 5.85. The summed E-state index contributed by atoms with van der Waals surface area (Å²) in [5, 5.41) is 16.5. The summed E-state index contributed by atoms with van der Waals surface area (Å²) in [6.45, 7) is 0. The van der Waals surface area contributed by atoms with Crippen molar-refractivity contribution in [3.8, 4) is 0 Å². The van der Waals surface area contributed by atoms with Crippen molar-refractivity contribution < 1.29 is 19.8 Å². The van der Waals surface area contributed by atoms with Crippen molar-refractivity contribution in [2.45, 2.75) is 55.4 Å². The monoisotopic (exact) mass is 292 g/mol. The molecule has 1 saturated carbocycles. The quantitative estimate of drug-likeness (QED) is 0.567. The van der Waals surface area contributed by atoms with E-state index in [0.29, 0.717) is 12.8 Å². The number of aliphatic carboxylic acids is 2. The minimum absolute atomic E-state index is 0.228. The molecule has 2 atom stereocenters. The second-order valence-corrected chi connectivity index (χ2v) is 6.42. The van der Waals surface area contributed by atoms with Gasteiger partial charge >= 0.3 is 11.9 Å². The third-order valence-electron chi connectivity index (χ3n) is 3.74. The van der Waals surface area contributed by atoms with Gasteiger partial charge < -0.3 is 10.2 Å². The minimum Gasteiger partial charge on any atom is -0.480 e. The molecular weight excluding hydrogens is 272 g/mol. The van der Waals surface area contributed by atoms with Crippen LogP contribution in [0.1, 0.15) is 44.9 Å². The van der Waals surface area contributed by atoms with Crippen LogP contribution in [0.3, 0.4) is 0 Å². The maximum Gasteiger partial charge on any atom is 0.316 e. The van der Waals surface area contributed by atoms with Crippen molar-refractivity contribution in [3.05, 3.63) is 0 Å². The lowest BCUT2D eigenvalue weighted by Gasteiger charge is -2.39. The lowest BCUT2D eigenvalue weighted by atomic mass is 9.68. The maximum absolute atomic E-state index is 10.9. The summed E-state index contributed by atoms with van der Waals surface area (Å²) in [5.74, 6) is -1.87. The first kappa shape index (κ1) is 15.7. The average molecular weight is 292 g/mol. The van der Waals surface area contributed by atoms with Gasteiger partial charge in [0.05, 0.1) is 10.5 Å². The van der Waals surface area contributed by atoms with Crippen LogP contribution in [-0.4, -0.2) is 32.7 Å². The second kappa shape index (κ2) is 6.70. The van der Waals surface area contributed by atoms with Gasteiger partial charge in [0.2, 0.25) is 0 Å². The van der Waals surface area contributed by atoms with Crippen molar-refractivity contribution in [2.24, 2.45) is 5.41 Å². The molecule has 0 heterocycles. The molecule has 1 fully saturated rings. The molecular formula is C12H20O4S2. The molecule has 0 aromatic rings. The third-order valence-corrected chi connectivity index (χ3v) is 4.54. The summed E-state index contributed by atoms with van der Waals surface area (Å²) in [5.41, 5.74) is -0.228. The largest absolute Gasteiger partial charge is 0.480 e. The van der Waals surface area contributed by atoms with E-state index in [-0.39, 0.29) is 5.41 Å². The van der Waals surface area contributed by atoms with E-state index in [0.717, 1.165) is 32.1 Å². The fraction of sp³-hybridized carbons (Fsp3) is 0.833. The van der Waals surface area contributed by atoms with Crippen LogP contribution in [0.25, 0.3) is 0 Å². The number of hydrogen-bond acceptors (Lipinski definition) is 4. The summed E-state index contributed by atoms with van der Waals surface area (Å²) in [4.78, 5) is 21.8. The molecule has 0 saturated heterocycles. The Morgan fingerprint density at radius 2 is 1.33 bits per heavy atom. The van der Waals surface area contributed by atoms with Gasteiger partial charge in [0, 0.05) is 0 Å². The van der Waals surface area contributed by atoms with E-state index in [1.165, 1.54) is 0 Å². The Bertz CT molecular complexity index is 289. The third kappa shape index (κ3) is 4.39. The van der Waals surface area contributed by atoms with Crippen molar-refractivity contribution in [3.63, 3.8) is 0 Å². The first-order chi connectivity index (χ1) is 8.36. The van der Waals surface area contributed by atoms with Crippen LogP contribution in [0.4, 0.5) is 0 Å². The molecule has 104 valence electrons. The van der Waals surface area contributed by atoms with Crippen molar-refractivity contribution in [2.75, 3.05) is 0 Å². The smallest absolute Gasteiger partial charge is 0.316 e. The van der Waals surface area contributed by atoms with Crippen LogP contribution in [0.2, 0.25) is 0 Å². The first-order valence-electron chi connectivity index (χ1n) is 6.18. The van der Waals surface area contributed by atoms with Crippen LogP contribution in [0.5, 0.6) is 0 Å². The van der Waals surface area contributed by atoms with Gasteiger partial charge in [-0.15, -0.1) is 0 Å². The zero-order chi connectivity index (χ0) is 13.8. The van der Waals surface area contributed by atoms with Gasteiger partial charge in [-0.3, -0.25) is 9.59 Å². The normalized spacial score (nSPS) is 22.1. The van der Waals surface area contributed by atoms with Crippen molar-refractivity contribution >= 4 is 37.2 Å². The number of carboxylic acid groups (broad SMARTS) is 2. The molecule has 0 aromatic heterocycles. The Hall–Kier alpha value is -0.360. The zero-order valence-corrected chi connectivity index (χ0v) is 12.0. The Labute approximate surface area is 118 Å². The molecule has 0 aromatic carbocycles. The summed E-state index contributed by atoms with van der Waals surface area (Å²) in [6, 6.07) is 0. The van der Waals surface area contributed by atoms with E-state index in [2.05, 4.69) is 25.3 Å². The molecule has 1 aliphatic carbocycles. The summed E-state index contributed by atoms with van der Waals surface area (Å²) in [6.07, 6.45) is 5.80. The lowest BCUT2D eigenvalue weighted by Crippen LogP contribution is -2.34. The van der Waals surface area contributed by atoms with Gasteiger partial charge in [-0.05, 0) is 31.1 Å². The molecule has 2 unspecified atom stereocenters. The Morgan fingerprint density at radius 1 is 0.944 bits per heavy atom. The van der Waals surface area contributed by atoms with Crippen LogP contribution < -0.4 is 0 Å². The zero-order valence-electron chi connectivity index (χ0n) is 10.2. The van der Waals surface area contributed by atoms with Crippen molar-refractivity contribution in [1.82, 2.24) is 0 Å². The lowest BCUT2D eigenvalue weighted by molar-refractivity contribution is -0.137. The Morgan fingerprint density at radius 3 is 1.67 bits per heavy atom. The van der Waals surface area contributed by atoms with Crippen LogP contribution >= 0.6 is 25.3 Å². The van der Waals surface area contributed by atoms with Gasteiger partial charge in [-0.1, -0.05) is 19.3 Å². The molecule has 2 N–H and O–H groups in total. The molecule has 1 rings (SSSR count). The van der Waals surface area contributed by atoms with E-state index in [1.807, 2.05) is 0 Å². The van der Waals surface area contributed by atoms with E-state index in [1.54, 1.807) is 0 Å². The van der Waals surface area contributed by atoms with E-state index >= 15 is 0 Å². The minimum atomic E-state index is -0.936. The maximum atomic E-state index is 10.9. The predicted molar refractivity (Wildman–Crippen MR) is 75.6 cm³/mol. The standard InChI is InChI=1S/C12H20O4S2/c13-10(14)8(17)6-12(4-2-1-3-5-12)7-9(18)11(15)16/h8-9,17-18H,1-7H2,(H,13,14)(H,15,16). The fourth-order valence-electron chi connectivity index (χ4n) is 2.79. The molecule has 0 bridgehead atoms. The first-order valence-corrected chi connectivity index (χ1v) is 7.21. The van der Waals surface area contributed by atoms with Crippen LogP contribution in [-0.2, 0) is 9.59 Å². The number of hydrogen-bond donors (Lipinski definition) is 4. The number of rotatable bonds is 6. The summed E-state index contributed by atoms with van der Waals surface area (Å²) in [7, 11) is 0. The summed E-state index contributed by atoms with van der Waals surface area (Å²) >= 11 is 8.18. The predicted octanol–water partition coefficient (Wildman–Crippen LogP) is 2.48. The molecule has 18 heavy (non-hydrogen) atoms. The number of thiol groups is 2. The highest BCUT2D eigenvalue weighted by atomic mass is 32.1. The average Bonchev–Trinajstić information content (AvgIpc) is 2.29. The second-order valence-electron chi connectivity index (χ2n) is 5.18. The van der Waals surface area contributed by atoms with E-state index in [4.69, 9.17) is 10.2 Å². The number of carboxylic acids is 2. The van der Waals surface area contributed by atoms with Gasteiger partial charge in [0.25, 0.3) is 0 Å². The molecule has 4 nitrogen and oxygen atoms in total. The highest BCUT2D eigenvalue weighted by Gasteiger charge is 2.38.